The number of carboxylic acid groups (broad SMARTS) is 1. The van der Waals surface area contributed by atoms with Crippen molar-refractivity contribution in [1.82, 2.24) is 4.90 Å². The Morgan fingerprint density at radius 3 is 2.56 bits per heavy atom. The molecular formula is C14H18BrNO2. The first-order chi connectivity index (χ1) is 8.60. The lowest BCUT2D eigenvalue weighted by Gasteiger charge is -2.44. The van der Waals surface area contributed by atoms with Crippen LogP contribution in [-0.2, 0) is 4.79 Å². The molecule has 1 atom stereocenters. The molecule has 0 aliphatic carbocycles. The third-order valence-corrected chi connectivity index (χ3v) is 4.06. The van der Waals surface area contributed by atoms with Crippen molar-refractivity contribution in [3.63, 3.8) is 0 Å². The maximum atomic E-state index is 10.6. The number of likely N-dealkylation sites (tertiary alicyclic amines) is 1. The van der Waals surface area contributed by atoms with Gasteiger partial charge in [0.15, 0.2) is 0 Å². The Hall–Kier alpha value is -0.870. The lowest BCUT2D eigenvalue weighted by Crippen LogP contribution is -2.49. The third-order valence-electron chi connectivity index (χ3n) is 3.53. The van der Waals surface area contributed by atoms with E-state index in [0.29, 0.717) is 18.4 Å². The van der Waals surface area contributed by atoms with Gasteiger partial charge in [0.1, 0.15) is 0 Å². The predicted octanol–water partition coefficient (Wildman–Crippen LogP) is 3.31. The van der Waals surface area contributed by atoms with Crippen LogP contribution in [0.4, 0.5) is 0 Å². The van der Waals surface area contributed by atoms with Crippen molar-refractivity contribution in [3.8, 4) is 0 Å². The van der Waals surface area contributed by atoms with Crippen LogP contribution in [0, 0.1) is 5.92 Å². The number of halogens is 1. The highest BCUT2D eigenvalue weighted by atomic mass is 79.9. The minimum atomic E-state index is -0.684. The smallest absolute Gasteiger partial charge is 0.303 e. The number of benzene rings is 1. The van der Waals surface area contributed by atoms with E-state index in [-0.39, 0.29) is 0 Å². The molecule has 1 aromatic carbocycles. The van der Waals surface area contributed by atoms with E-state index < -0.39 is 5.97 Å². The summed E-state index contributed by atoms with van der Waals surface area (Å²) in [6, 6.07) is 8.83. The van der Waals surface area contributed by atoms with Crippen LogP contribution >= 0.6 is 15.9 Å². The van der Waals surface area contributed by atoms with Gasteiger partial charge in [0.2, 0.25) is 0 Å². The minimum Gasteiger partial charge on any atom is -0.481 e. The largest absolute Gasteiger partial charge is 0.481 e. The van der Waals surface area contributed by atoms with Gasteiger partial charge < -0.3 is 5.11 Å². The molecular weight excluding hydrogens is 294 g/mol. The summed E-state index contributed by atoms with van der Waals surface area (Å²) >= 11 is 3.44. The van der Waals surface area contributed by atoms with Crippen molar-refractivity contribution >= 4 is 21.9 Å². The van der Waals surface area contributed by atoms with E-state index in [2.05, 4.69) is 52.0 Å². The Balaban J connectivity index is 1.95. The van der Waals surface area contributed by atoms with Gasteiger partial charge in [-0.05, 0) is 30.0 Å². The second kappa shape index (κ2) is 5.85. The number of hydrogen-bond acceptors (Lipinski definition) is 2. The number of hydrogen-bond donors (Lipinski definition) is 1. The Morgan fingerprint density at radius 2 is 2.06 bits per heavy atom. The SMILES string of the molecule is CCC(c1ccc(Br)cc1)N1CC(CC(=O)O)C1. The molecule has 1 fully saturated rings. The first kappa shape index (κ1) is 13.6. The molecule has 1 aromatic rings. The van der Waals surface area contributed by atoms with Crippen molar-refractivity contribution in [2.75, 3.05) is 13.1 Å². The summed E-state index contributed by atoms with van der Waals surface area (Å²) in [4.78, 5) is 13.0. The van der Waals surface area contributed by atoms with Gasteiger partial charge in [-0.2, -0.15) is 0 Å². The predicted molar refractivity (Wildman–Crippen MR) is 74.5 cm³/mol. The molecule has 0 aromatic heterocycles. The van der Waals surface area contributed by atoms with Gasteiger partial charge in [-0.15, -0.1) is 0 Å². The van der Waals surface area contributed by atoms with Crippen LogP contribution in [0.1, 0.15) is 31.4 Å². The van der Waals surface area contributed by atoms with Crippen molar-refractivity contribution < 1.29 is 9.90 Å². The zero-order chi connectivity index (χ0) is 13.1. The summed E-state index contributed by atoms with van der Waals surface area (Å²) in [5.74, 6) is -0.358. The third kappa shape index (κ3) is 3.12. The highest BCUT2D eigenvalue weighted by Crippen LogP contribution is 2.32. The molecule has 4 heteroatoms. The molecule has 2 rings (SSSR count). The number of carbonyl (C=O) groups is 1. The normalized spacial score (nSPS) is 18.3. The van der Waals surface area contributed by atoms with Gasteiger partial charge in [0.25, 0.3) is 0 Å². The maximum Gasteiger partial charge on any atom is 0.303 e. The van der Waals surface area contributed by atoms with Crippen LogP contribution in [0.3, 0.4) is 0 Å². The van der Waals surface area contributed by atoms with Crippen LogP contribution in [0.25, 0.3) is 0 Å². The monoisotopic (exact) mass is 311 g/mol. The van der Waals surface area contributed by atoms with E-state index in [1.807, 2.05) is 0 Å². The molecule has 1 aliphatic rings. The van der Waals surface area contributed by atoms with E-state index in [0.717, 1.165) is 24.0 Å². The number of rotatable bonds is 5. The molecule has 1 N–H and O–H groups in total. The zero-order valence-electron chi connectivity index (χ0n) is 10.5. The van der Waals surface area contributed by atoms with Crippen LogP contribution in [-0.4, -0.2) is 29.1 Å². The molecule has 1 heterocycles. The van der Waals surface area contributed by atoms with E-state index in [9.17, 15) is 4.79 Å². The molecule has 0 saturated carbocycles. The Labute approximate surface area is 116 Å². The summed E-state index contributed by atoms with van der Waals surface area (Å²) in [6.45, 7) is 3.99. The van der Waals surface area contributed by atoms with E-state index in [1.165, 1.54) is 5.56 Å². The van der Waals surface area contributed by atoms with Gasteiger partial charge in [-0.25, -0.2) is 0 Å². The Kier molecular flexibility index (Phi) is 4.40. The van der Waals surface area contributed by atoms with Gasteiger partial charge in [-0.3, -0.25) is 9.69 Å². The molecule has 0 radical (unpaired) electrons. The summed E-state index contributed by atoms with van der Waals surface area (Å²) in [6.07, 6.45) is 1.36. The average Bonchev–Trinajstić information content (AvgIpc) is 2.28. The Bertz CT molecular complexity index is 412. The fourth-order valence-electron chi connectivity index (χ4n) is 2.63. The molecule has 3 nitrogen and oxygen atoms in total. The molecule has 0 bridgehead atoms. The quantitative estimate of drug-likeness (QED) is 0.907. The number of carboxylic acids is 1. The van der Waals surface area contributed by atoms with Crippen LogP contribution in [0.5, 0.6) is 0 Å². The molecule has 0 amide bonds. The maximum absolute atomic E-state index is 10.6. The van der Waals surface area contributed by atoms with E-state index >= 15 is 0 Å². The molecule has 1 aliphatic heterocycles. The van der Waals surface area contributed by atoms with Crippen molar-refractivity contribution in [1.29, 1.82) is 0 Å². The second-order valence-electron chi connectivity index (χ2n) is 4.89. The molecule has 98 valence electrons. The van der Waals surface area contributed by atoms with Gasteiger partial charge in [-0.1, -0.05) is 35.0 Å². The zero-order valence-corrected chi connectivity index (χ0v) is 12.1. The fourth-order valence-corrected chi connectivity index (χ4v) is 2.89. The van der Waals surface area contributed by atoms with Crippen molar-refractivity contribution in [2.45, 2.75) is 25.8 Å². The highest BCUT2D eigenvalue weighted by molar-refractivity contribution is 9.10. The summed E-state index contributed by atoms with van der Waals surface area (Å²) in [5, 5.41) is 8.75. The topological polar surface area (TPSA) is 40.5 Å². The van der Waals surface area contributed by atoms with Crippen LogP contribution < -0.4 is 0 Å². The van der Waals surface area contributed by atoms with E-state index in [1.54, 1.807) is 0 Å². The lowest BCUT2D eigenvalue weighted by molar-refractivity contribution is -0.139. The second-order valence-corrected chi connectivity index (χ2v) is 5.81. The number of aliphatic carboxylic acids is 1. The van der Waals surface area contributed by atoms with E-state index in [4.69, 9.17) is 5.11 Å². The van der Waals surface area contributed by atoms with Gasteiger partial charge in [0.05, 0.1) is 6.42 Å². The first-order valence-electron chi connectivity index (χ1n) is 6.31. The molecule has 1 saturated heterocycles. The average molecular weight is 312 g/mol. The summed E-state index contributed by atoms with van der Waals surface area (Å²) in [7, 11) is 0. The van der Waals surface area contributed by atoms with Gasteiger partial charge in [0, 0.05) is 23.6 Å². The standard InChI is InChI=1S/C14H18BrNO2/c1-2-13(11-3-5-12(15)6-4-11)16-8-10(9-16)7-14(17)18/h3-6,10,13H,2,7-9H2,1H3,(H,17,18). The number of nitrogens with zero attached hydrogens (tertiary/aromatic N) is 1. The minimum absolute atomic E-state index is 0.299. The van der Waals surface area contributed by atoms with Crippen LogP contribution in [0.2, 0.25) is 0 Å². The fraction of sp³-hybridized carbons (Fsp3) is 0.500. The van der Waals surface area contributed by atoms with Gasteiger partial charge >= 0.3 is 5.97 Å². The summed E-state index contributed by atoms with van der Waals surface area (Å²) < 4.78 is 1.09. The lowest BCUT2D eigenvalue weighted by atomic mass is 9.91. The molecule has 0 spiro atoms. The summed E-state index contributed by atoms with van der Waals surface area (Å²) in [5.41, 5.74) is 1.31. The molecule has 1 unspecified atom stereocenters. The van der Waals surface area contributed by atoms with Crippen molar-refractivity contribution in [2.24, 2.45) is 5.92 Å². The highest BCUT2D eigenvalue weighted by Gasteiger charge is 2.33. The Morgan fingerprint density at radius 1 is 1.44 bits per heavy atom. The van der Waals surface area contributed by atoms with Crippen LogP contribution in [0.15, 0.2) is 28.7 Å². The first-order valence-corrected chi connectivity index (χ1v) is 7.10. The molecule has 18 heavy (non-hydrogen) atoms. The van der Waals surface area contributed by atoms with Crippen molar-refractivity contribution in [3.05, 3.63) is 34.3 Å².